The zero-order valence-corrected chi connectivity index (χ0v) is 13.1. The molecule has 0 aromatic carbocycles. The van der Waals surface area contributed by atoms with Gasteiger partial charge >= 0.3 is 5.97 Å². The molecular weight excluding hydrogens is 359 g/mol. The van der Waals surface area contributed by atoms with Crippen LogP contribution in [0.5, 0.6) is 5.88 Å². The Kier molecular flexibility index (Phi) is 4.98. The van der Waals surface area contributed by atoms with Gasteiger partial charge in [0.2, 0.25) is 5.88 Å². The molecule has 104 valence electrons. The lowest BCUT2D eigenvalue weighted by atomic mass is 10.0. The number of hydrogen-bond donors (Lipinski definition) is 1. The van der Waals surface area contributed by atoms with Gasteiger partial charge in [0.05, 0.1) is 7.11 Å². The molecule has 0 bridgehead atoms. The van der Waals surface area contributed by atoms with Crippen molar-refractivity contribution in [2.24, 2.45) is 0 Å². The molecule has 2 rings (SSSR count). The monoisotopic (exact) mass is 376 g/mol. The Morgan fingerprint density at radius 2 is 2.32 bits per heavy atom. The number of carbonyl (C=O) groups is 1. The molecule has 2 heterocycles. The lowest BCUT2D eigenvalue weighted by molar-refractivity contribution is 0.0587. The highest BCUT2D eigenvalue weighted by molar-refractivity contribution is 14.1. The van der Waals surface area contributed by atoms with Crippen molar-refractivity contribution in [1.29, 1.82) is 0 Å². The maximum atomic E-state index is 11.8. The van der Waals surface area contributed by atoms with Crippen molar-refractivity contribution in [3.63, 3.8) is 0 Å². The Hall–Kier alpha value is -0.890. The highest BCUT2D eigenvalue weighted by atomic mass is 127. The van der Waals surface area contributed by atoms with Crippen molar-refractivity contribution in [2.45, 2.75) is 31.9 Å². The van der Waals surface area contributed by atoms with Gasteiger partial charge in [-0.05, 0) is 48.4 Å². The number of aromatic nitrogens is 1. The summed E-state index contributed by atoms with van der Waals surface area (Å²) in [5.41, 5.74) is 0.407. The molecule has 1 aliphatic heterocycles. The fraction of sp³-hybridized carbons (Fsp3) is 0.538. The van der Waals surface area contributed by atoms with Crippen LogP contribution >= 0.6 is 22.6 Å². The largest absolute Gasteiger partial charge is 0.472 e. The molecule has 0 unspecified atom stereocenters. The van der Waals surface area contributed by atoms with Crippen molar-refractivity contribution < 1.29 is 14.3 Å². The molecule has 0 saturated carbocycles. The van der Waals surface area contributed by atoms with E-state index in [4.69, 9.17) is 9.47 Å². The van der Waals surface area contributed by atoms with Gasteiger partial charge in [-0.3, -0.25) is 0 Å². The van der Waals surface area contributed by atoms with Crippen molar-refractivity contribution in [1.82, 2.24) is 10.3 Å². The summed E-state index contributed by atoms with van der Waals surface area (Å²) in [4.78, 5) is 16.0. The summed E-state index contributed by atoms with van der Waals surface area (Å²) in [6.07, 6.45) is 3.71. The predicted octanol–water partition coefficient (Wildman–Crippen LogP) is 1.99. The first kappa shape index (κ1) is 14.5. The predicted molar refractivity (Wildman–Crippen MR) is 79.4 cm³/mol. The second-order valence-electron chi connectivity index (χ2n) is 4.59. The molecule has 1 saturated heterocycles. The van der Waals surface area contributed by atoms with Crippen LogP contribution in [0.1, 0.15) is 30.1 Å². The molecule has 0 aliphatic carbocycles. The third-order valence-electron chi connectivity index (χ3n) is 3.15. The lowest BCUT2D eigenvalue weighted by Gasteiger charge is -2.28. The maximum Gasteiger partial charge on any atom is 0.344 e. The summed E-state index contributed by atoms with van der Waals surface area (Å²) in [7, 11) is 1.36. The molecule has 1 aliphatic rings. The van der Waals surface area contributed by atoms with E-state index in [-0.39, 0.29) is 6.10 Å². The van der Waals surface area contributed by atoms with Crippen LogP contribution in [-0.2, 0) is 4.74 Å². The number of carbonyl (C=O) groups excluding carboxylic acids is 1. The van der Waals surface area contributed by atoms with E-state index in [1.807, 2.05) is 0 Å². The van der Waals surface area contributed by atoms with Crippen LogP contribution in [0.15, 0.2) is 12.3 Å². The van der Waals surface area contributed by atoms with Gasteiger partial charge in [-0.25, -0.2) is 9.78 Å². The number of hydrogen-bond acceptors (Lipinski definition) is 5. The van der Waals surface area contributed by atoms with Crippen LogP contribution < -0.4 is 10.1 Å². The van der Waals surface area contributed by atoms with Gasteiger partial charge < -0.3 is 14.8 Å². The second-order valence-corrected chi connectivity index (χ2v) is 5.75. The first-order valence-corrected chi connectivity index (χ1v) is 7.32. The van der Waals surface area contributed by atoms with Crippen molar-refractivity contribution >= 4 is 28.6 Å². The van der Waals surface area contributed by atoms with E-state index in [0.717, 1.165) is 23.0 Å². The van der Waals surface area contributed by atoms with Crippen LogP contribution in [-0.4, -0.2) is 36.8 Å². The Morgan fingerprint density at radius 1 is 1.53 bits per heavy atom. The van der Waals surface area contributed by atoms with E-state index in [2.05, 4.69) is 39.8 Å². The van der Waals surface area contributed by atoms with Crippen molar-refractivity contribution in [3.8, 4) is 5.88 Å². The van der Waals surface area contributed by atoms with E-state index in [0.29, 0.717) is 17.5 Å². The molecule has 0 spiro atoms. The molecule has 5 nitrogen and oxygen atoms in total. The Bertz CT molecular complexity index is 459. The topological polar surface area (TPSA) is 60.5 Å². The van der Waals surface area contributed by atoms with E-state index in [1.54, 1.807) is 12.3 Å². The summed E-state index contributed by atoms with van der Waals surface area (Å²) >= 11 is 2.09. The number of nitrogens with one attached hydrogen (secondary N) is 1. The third kappa shape index (κ3) is 3.56. The van der Waals surface area contributed by atoms with Crippen LogP contribution in [0.25, 0.3) is 0 Å². The molecule has 19 heavy (non-hydrogen) atoms. The lowest BCUT2D eigenvalue weighted by Crippen LogP contribution is -2.42. The Morgan fingerprint density at radius 3 is 2.95 bits per heavy atom. The van der Waals surface area contributed by atoms with Crippen LogP contribution in [0.3, 0.4) is 0 Å². The van der Waals surface area contributed by atoms with E-state index in [9.17, 15) is 4.79 Å². The highest BCUT2D eigenvalue weighted by Crippen LogP contribution is 2.24. The van der Waals surface area contributed by atoms with Gasteiger partial charge in [0.15, 0.2) is 0 Å². The van der Waals surface area contributed by atoms with E-state index >= 15 is 0 Å². The number of halogens is 1. The molecule has 0 amide bonds. The molecule has 1 aromatic rings. The molecule has 0 radical (unpaired) electrons. The number of piperidine rings is 1. The standard InChI is InChI=1S/C13H17IN2O3/c1-8-3-4-9(7-16-8)19-12-11(13(17)18-2)10(14)5-6-15-12/h5-6,8-9,16H,3-4,7H2,1-2H3/t8-,9-/m1/s1. The van der Waals surface area contributed by atoms with Crippen LogP contribution in [0.2, 0.25) is 0 Å². The minimum atomic E-state index is -0.412. The second kappa shape index (κ2) is 6.51. The molecule has 6 heteroatoms. The average molecular weight is 376 g/mol. The van der Waals surface area contributed by atoms with Crippen LogP contribution in [0.4, 0.5) is 0 Å². The summed E-state index contributed by atoms with van der Waals surface area (Å²) < 4.78 is 11.4. The number of pyridine rings is 1. The number of rotatable bonds is 3. The summed E-state index contributed by atoms with van der Waals surface area (Å²) in [5.74, 6) is -0.0512. The Balaban J connectivity index is 2.16. The quantitative estimate of drug-likeness (QED) is 0.646. The van der Waals surface area contributed by atoms with Gasteiger partial charge in [0.25, 0.3) is 0 Å². The molecule has 1 fully saturated rings. The van der Waals surface area contributed by atoms with Crippen molar-refractivity contribution in [2.75, 3.05) is 13.7 Å². The zero-order chi connectivity index (χ0) is 13.8. The van der Waals surface area contributed by atoms with Gasteiger partial charge in [-0.1, -0.05) is 0 Å². The summed E-state index contributed by atoms with van der Waals surface area (Å²) in [6, 6.07) is 2.28. The minimum absolute atomic E-state index is 0.0466. The summed E-state index contributed by atoms with van der Waals surface area (Å²) in [5, 5.41) is 3.36. The van der Waals surface area contributed by atoms with Gasteiger partial charge in [0.1, 0.15) is 11.7 Å². The van der Waals surface area contributed by atoms with Crippen LogP contribution in [0, 0.1) is 3.57 Å². The zero-order valence-electron chi connectivity index (χ0n) is 11.0. The Labute approximate surface area is 126 Å². The van der Waals surface area contributed by atoms with Gasteiger partial charge in [0, 0.05) is 22.4 Å². The van der Waals surface area contributed by atoms with E-state index in [1.165, 1.54) is 7.11 Å². The fourth-order valence-electron chi connectivity index (χ4n) is 2.03. The first-order valence-electron chi connectivity index (χ1n) is 6.24. The summed E-state index contributed by atoms with van der Waals surface area (Å²) in [6.45, 7) is 2.93. The minimum Gasteiger partial charge on any atom is -0.472 e. The molecular formula is C13H17IN2O3. The maximum absolute atomic E-state index is 11.8. The number of esters is 1. The average Bonchev–Trinajstić information content (AvgIpc) is 2.41. The smallest absolute Gasteiger partial charge is 0.344 e. The van der Waals surface area contributed by atoms with Gasteiger partial charge in [-0.2, -0.15) is 0 Å². The number of methoxy groups -OCH3 is 1. The fourth-order valence-corrected chi connectivity index (χ4v) is 2.64. The number of ether oxygens (including phenoxy) is 2. The molecule has 1 N–H and O–H groups in total. The first-order chi connectivity index (χ1) is 9.11. The molecule has 2 atom stereocenters. The highest BCUT2D eigenvalue weighted by Gasteiger charge is 2.24. The van der Waals surface area contributed by atoms with Crippen molar-refractivity contribution in [3.05, 3.63) is 21.4 Å². The third-order valence-corrected chi connectivity index (χ3v) is 4.05. The SMILES string of the molecule is COC(=O)c1c(I)ccnc1O[C@@H]1CC[C@@H](C)NC1. The molecule has 1 aromatic heterocycles. The normalized spacial score (nSPS) is 22.9. The number of nitrogens with zero attached hydrogens (tertiary/aromatic N) is 1. The van der Waals surface area contributed by atoms with E-state index < -0.39 is 5.97 Å². The van der Waals surface area contributed by atoms with Gasteiger partial charge in [-0.15, -0.1) is 0 Å².